The Kier molecular flexibility index (Phi) is 9.40. The van der Waals surface area contributed by atoms with Crippen molar-refractivity contribution in [2.45, 2.75) is 26.5 Å². The molecule has 0 fully saturated rings. The van der Waals surface area contributed by atoms with Gasteiger partial charge in [0.25, 0.3) is 5.56 Å². The number of nitrogens with zero attached hydrogens (tertiary/aromatic N) is 2. The second kappa shape index (κ2) is 14.0. The van der Waals surface area contributed by atoms with Gasteiger partial charge in [0.15, 0.2) is 27.8 Å². The van der Waals surface area contributed by atoms with Crippen molar-refractivity contribution in [3.63, 3.8) is 0 Å². The van der Waals surface area contributed by atoms with Crippen LogP contribution < -0.4 is 33.8 Å². The van der Waals surface area contributed by atoms with E-state index in [0.29, 0.717) is 63.3 Å². The maximum Gasteiger partial charge on any atom is 0.337 e. The summed E-state index contributed by atoms with van der Waals surface area (Å²) in [6.45, 7) is 4.94. The maximum absolute atomic E-state index is 14.2. The van der Waals surface area contributed by atoms with Gasteiger partial charge in [-0.15, -0.1) is 0 Å². The highest BCUT2D eigenvalue weighted by molar-refractivity contribution is 7.07. The Labute approximate surface area is 275 Å². The molecule has 2 heterocycles. The smallest absolute Gasteiger partial charge is 0.337 e. The SMILES string of the molecule is CCOc1ccc([C@H]2C(C(=O)OC)=CN=c3s/c(=C/c4cccc(OC)c4OCc4cccc5ccccc45)c(=O)n32)cc1OCC. The molecule has 1 aromatic heterocycles. The first-order chi connectivity index (χ1) is 23.0. The normalized spacial score (nSPS) is 14.2. The third kappa shape index (κ3) is 6.24. The van der Waals surface area contributed by atoms with E-state index in [1.807, 2.05) is 62.4 Å². The summed E-state index contributed by atoms with van der Waals surface area (Å²) in [5, 5.41) is 2.22. The Bertz CT molecular complexity index is 2160. The van der Waals surface area contributed by atoms with Crippen LogP contribution in [0.2, 0.25) is 0 Å². The van der Waals surface area contributed by atoms with Gasteiger partial charge in [-0.3, -0.25) is 9.36 Å². The minimum Gasteiger partial charge on any atom is -0.493 e. The van der Waals surface area contributed by atoms with Crippen LogP contribution in [0.1, 0.15) is 36.6 Å². The average molecular weight is 651 g/mol. The molecule has 0 N–H and O–H groups in total. The lowest BCUT2D eigenvalue weighted by molar-refractivity contribution is -0.136. The Morgan fingerprint density at radius 2 is 1.66 bits per heavy atom. The molecule has 240 valence electrons. The van der Waals surface area contributed by atoms with Gasteiger partial charge >= 0.3 is 5.97 Å². The predicted octanol–water partition coefficient (Wildman–Crippen LogP) is 5.56. The summed E-state index contributed by atoms with van der Waals surface area (Å²) in [6.07, 6.45) is 3.24. The van der Waals surface area contributed by atoms with Crippen LogP contribution in [-0.2, 0) is 16.1 Å². The molecule has 1 atom stereocenters. The molecule has 6 rings (SSSR count). The number of hydrogen-bond donors (Lipinski definition) is 0. The summed E-state index contributed by atoms with van der Waals surface area (Å²) in [7, 11) is 2.89. The number of benzene rings is 4. The molecule has 0 saturated heterocycles. The zero-order chi connectivity index (χ0) is 32.9. The van der Waals surface area contributed by atoms with Crippen LogP contribution in [0.4, 0.5) is 0 Å². The molecule has 0 saturated carbocycles. The number of rotatable bonds is 11. The lowest BCUT2D eigenvalue weighted by Gasteiger charge is -2.23. The maximum atomic E-state index is 14.2. The standard InChI is InChI=1S/C37H34N2O7S/c1-5-44-29-18-17-24(19-31(29)45-6-2)33-28(36(41)43-4)21-38-37-39(33)35(40)32(47-37)20-25-13-10-16-30(42-3)34(25)46-22-26-14-9-12-23-11-7-8-15-27(23)26/h7-21,33H,5-6,22H2,1-4H3/b32-20+/t33-/m0/s1. The number of carbonyl (C=O) groups is 1. The first-order valence-electron chi connectivity index (χ1n) is 15.2. The zero-order valence-corrected chi connectivity index (χ0v) is 27.3. The third-order valence-corrected chi connectivity index (χ3v) is 8.77. The molecule has 47 heavy (non-hydrogen) atoms. The van der Waals surface area contributed by atoms with Gasteiger partial charge in [-0.1, -0.05) is 72.0 Å². The summed E-state index contributed by atoms with van der Waals surface area (Å²) in [4.78, 5) is 32.1. The van der Waals surface area contributed by atoms with Gasteiger partial charge in [0.05, 0.1) is 43.6 Å². The second-order valence-electron chi connectivity index (χ2n) is 10.6. The Morgan fingerprint density at radius 1 is 0.894 bits per heavy atom. The highest BCUT2D eigenvalue weighted by Gasteiger charge is 2.31. The van der Waals surface area contributed by atoms with Crippen LogP contribution in [0.5, 0.6) is 23.0 Å². The molecule has 10 heteroatoms. The molecule has 0 amide bonds. The number of hydrogen-bond acceptors (Lipinski definition) is 9. The number of methoxy groups -OCH3 is 2. The van der Waals surface area contributed by atoms with E-state index in [2.05, 4.69) is 23.2 Å². The Balaban J connectivity index is 1.44. The van der Waals surface area contributed by atoms with E-state index in [-0.39, 0.29) is 11.1 Å². The molecule has 0 bridgehead atoms. The van der Waals surface area contributed by atoms with Crippen LogP contribution in [-0.4, -0.2) is 38.0 Å². The fourth-order valence-electron chi connectivity index (χ4n) is 5.66. The van der Waals surface area contributed by atoms with Crippen LogP contribution >= 0.6 is 11.3 Å². The number of para-hydroxylation sites is 1. The van der Waals surface area contributed by atoms with Crippen LogP contribution in [0.15, 0.2) is 100 Å². The van der Waals surface area contributed by atoms with Crippen molar-refractivity contribution in [1.82, 2.24) is 4.57 Å². The van der Waals surface area contributed by atoms with E-state index in [1.165, 1.54) is 29.2 Å². The number of carbonyl (C=O) groups excluding carboxylic acids is 1. The molecule has 1 aliphatic rings. The molecule has 0 unspecified atom stereocenters. The van der Waals surface area contributed by atoms with E-state index in [4.69, 9.17) is 23.7 Å². The lowest BCUT2D eigenvalue weighted by atomic mass is 9.97. The van der Waals surface area contributed by atoms with E-state index in [1.54, 1.807) is 25.3 Å². The van der Waals surface area contributed by atoms with E-state index < -0.39 is 12.0 Å². The largest absolute Gasteiger partial charge is 0.493 e. The Hall–Kier alpha value is -5.35. The summed E-state index contributed by atoms with van der Waals surface area (Å²) >= 11 is 1.22. The molecular weight excluding hydrogens is 616 g/mol. The van der Waals surface area contributed by atoms with Crippen molar-refractivity contribution in [2.24, 2.45) is 4.99 Å². The van der Waals surface area contributed by atoms with Crippen molar-refractivity contribution in [1.29, 1.82) is 0 Å². The summed E-state index contributed by atoms with van der Waals surface area (Å²) in [5.41, 5.74) is 2.24. The quantitative estimate of drug-likeness (QED) is 0.173. The van der Waals surface area contributed by atoms with Gasteiger partial charge in [0.1, 0.15) is 6.61 Å². The molecular formula is C37H34N2O7S. The summed E-state index contributed by atoms with van der Waals surface area (Å²) in [6, 6.07) is 24.4. The van der Waals surface area contributed by atoms with E-state index in [0.717, 1.165) is 16.3 Å². The number of esters is 1. The predicted molar refractivity (Wildman–Crippen MR) is 181 cm³/mol. The van der Waals surface area contributed by atoms with Gasteiger partial charge in [-0.2, -0.15) is 0 Å². The minimum absolute atomic E-state index is 0.221. The van der Waals surface area contributed by atoms with Crippen molar-refractivity contribution < 1.29 is 28.5 Å². The number of thiazole rings is 1. The monoisotopic (exact) mass is 650 g/mol. The molecule has 5 aromatic rings. The summed E-state index contributed by atoms with van der Waals surface area (Å²) in [5.74, 6) is 1.54. The van der Waals surface area contributed by atoms with Gasteiger partial charge in [0, 0.05) is 11.8 Å². The third-order valence-electron chi connectivity index (χ3n) is 7.78. The molecule has 0 radical (unpaired) electrons. The van der Waals surface area contributed by atoms with Crippen LogP contribution in [0.25, 0.3) is 16.8 Å². The fraction of sp³-hybridized carbons (Fsp3) is 0.216. The van der Waals surface area contributed by atoms with Gasteiger partial charge in [-0.05, 0) is 60.0 Å². The minimum atomic E-state index is -0.803. The lowest BCUT2D eigenvalue weighted by Crippen LogP contribution is -2.39. The van der Waals surface area contributed by atoms with Crippen molar-refractivity contribution >= 4 is 34.2 Å². The molecule has 1 aliphatic heterocycles. The van der Waals surface area contributed by atoms with Gasteiger partial charge in [-0.25, -0.2) is 9.79 Å². The molecule has 9 nitrogen and oxygen atoms in total. The highest BCUT2D eigenvalue weighted by atomic mass is 32.1. The van der Waals surface area contributed by atoms with Gasteiger partial charge < -0.3 is 23.7 Å². The summed E-state index contributed by atoms with van der Waals surface area (Å²) < 4.78 is 30.7. The zero-order valence-electron chi connectivity index (χ0n) is 26.5. The number of fused-ring (bicyclic) bond motifs is 2. The number of aromatic nitrogens is 1. The van der Waals surface area contributed by atoms with Crippen molar-refractivity contribution in [2.75, 3.05) is 27.4 Å². The average Bonchev–Trinajstić information content (AvgIpc) is 3.42. The highest BCUT2D eigenvalue weighted by Crippen LogP contribution is 2.36. The molecule has 0 spiro atoms. The molecule has 4 aromatic carbocycles. The van der Waals surface area contributed by atoms with Crippen LogP contribution in [0, 0.1) is 0 Å². The number of ether oxygens (including phenoxy) is 5. The second-order valence-corrected chi connectivity index (χ2v) is 11.6. The van der Waals surface area contributed by atoms with E-state index in [9.17, 15) is 9.59 Å². The topological polar surface area (TPSA) is 97.6 Å². The fourth-order valence-corrected chi connectivity index (χ4v) is 6.62. The van der Waals surface area contributed by atoms with Crippen molar-refractivity contribution in [3.05, 3.63) is 127 Å². The Morgan fingerprint density at radius 3 is 2.45 bits per heavy atom. The van der Waals surface area contributed by atoms with Crippen molar-refractivity contribution in [3.8, 4) is 23.0 Å². The van der Waals surface area contributed by atoms with Crippen LogP contribution in [0.3, 0.4) is 0 Å². The molecule has 0 aliphatic carbocycles. The van der Waals surface area contributed by atoms with Gasteiger partial charge in [0.2, 0.25) is 0 Å². The van der Waals surface area contributed by atoms with E-state index >= 15 is 0 Å². The first-order valence-corrected chi connectivity index (χ1v) is 16.0. The first kappa shape index (κ1) is 31.6.